The number of hydrogen-bond acceptors (Lipinski definition) is 11. The van der Waals surface area contributed by atoms with Crippen molar-refractivity contribution < 1.29 is 55.1 Å². The lowest BCUT2D eigenvalue weighted by atomic mass is 9.96. The minimum absolute atomic E-state index is 0.0279. The number of phenolic OH excluding ortho intramolecular Hbond substituents is 8. The van der Waals surface area contributed by atoms with Gasteiger partial charge >= 0.3 is 5.97 Å². The van der Waals surface area contributed by atoms with Crippen LogP contribution in [0.25, 0.3) is 0 Å². The molecule has 1 aliphatic rings. The molecule has 11 nitrogen and oxygen atoms in total. The molecule has 1 heterocycles. The van der Waals surface area contributed by atoms with Crippen molar-refractivity contribution in [3.63, 3.8) is 0 Å². The predicted octanol–water partition coefficient (Wildman–Crippen LogP) is 3.90. The number of hydrogen-bond donors (Lipinski definition) is 8. The highest BCUT2D eigenvalue weighted by Gasteiger charge is 2.26. The summed E-state index contributed by atoms with van der Waals surface area (Å²) in [6, 6.07) is 7.07. The molecule has 0 spiro atoms. The van der Waals surface area contributed by atoms with Crippen LogP contribution in [0.5, 0.6) is 51.7 Å². The Hall–Kier alpha value is -4.67. The Kier molecular flexibility index (Phi) is 8.92. The number of carbonyl (C=O) groups excluding carboxylic acids is 1. The van der Waals surface area contributed by atoms with Gasteiger partial charge in [-0.3, -0.25) is 0 Å². The maximum atomic E-state index is 10.9. The van der Waals surface area contributed by atoms with Crippen molar-refractivity contribution in [2.75, 3.05) is 7.11 Å². The molecule has 0 fully saturated rings. The van der Waals surface area contributed by atoms with E-state index in [0.717, 1.165) is 19.2 Å². The van der Waals surface area contributed by atoms with E-state index in [2.05, 4.69) is 4.74 Å². The van der Waals surface area contributed by atoms with Gasteiger partial charge in [0.2, 0.25) is 0 Å². The van der Waals surface area contributed by atoms with Crippen molar-refractivity contribution in [3.8, 4) is 51.7 Å². The Morgan fingerprint density at radius 1 is 0.778 bits per heavy atom. The second-order valence-electron chi connectivity index (χ2n) is 7.34. The average molecular weight is 504 g/mol. The Morgan fingerprint density at radius 3 is 1.94 bits per heavy atom. The molecule has 0 amide bonds. The molecule has 1 unspecified atom stereocenters. The fraction of sp³-hybridized carbons (Fsp3) is 0.240. The molecule has 0 aromatic heterocycles. The molecular weight excluding hydrogens is 476 g/mol. The third kappa shape index (κ3) is 6.06. The van der Waals surface area contributed by atoms with Crippen LogP contribution in [0, 0.1) is 0 Å². The summed E-state index contributed by atoms with van der Waals surface area (Å²) in [6.07, 6.45) is 0.583. The van der Waals surface area contributed by atoms with Crippen molar-refractivity contribution >= 4 is 5.97 Å². The van der Waals surface area contributed by atoms with Crippen LogP contribution >= 0.6 is 0 Å². The largest absolute Gasteiger partial charge is 0.508 e. The molecule has 0 aliphatic carbocycles. The molecule has 1 aliphatic heterocycles. The lowest BCUT2D eigenvalue weighted by Crippen LogP contribution is -2.15. The van der Waals surface area contributed by atoms with Gasteiger partial charge < -0.3 is 50.3 Å². The first-order valence-electron chi connectivity index (χ1n) is 10.8. The van der Waals surface area contributed by atoms with E-state index in [0.29, 0.717) is 29.7 Å². The first-order valence-corrected chi connectivity index (χ1v) is 10.8. The number of ether oxygens (including phenoxy) is 2. The molecule has 11 heteroatoms. The number of aromatic hydroxyl groups is 8. The van der Waals surface area contributed by atoms with E-state index in [4.69, 9.17) is 20.1 Å². The van der Waals surface area contributed by atoms with Crippen LogP contribution in [0.15, 0.2) is 36.4 Å². The van der Waals surface area contributed by atoms with E-state index in [1.807, 2.05) is 13.8 Å². The molecule has 1 atom stereocenters. The van der Waals surface area contributed by atoms with Gasteiger partial charge in [0.1, 0.15) is 34.7 Å². The van der Waals surface area contributed by atoms with Crippen LogP contribution in [-0.4, -0.2) is 53.9 Å². The van der Waals surface area contributed by atoms with Crippen LogP contribution < -0.4 is 4.74 Å². The highest BCUT2D eigenvalue weighted by Crippen LogP contribution is 2.44. The Labute approximate surface area is 206 Å². The first-order chi connectivity index (χ1) is 17.0. The van der Waals surface area contributed by atoms with Crippen molar-refractivity contribution in [1.29, 1.82) is 0 Å². The molecule has 3 aromatic carbocycles. The van der Waals surface area contributed by atoms with Crippen LogP contribution in [0.1, 0.15) is 47.9 Å². The van der Waals surface area contributed by atoms with Crippen molar-refractivity contribution in [2.24, 2.45) is 0 Å². The number of benzene rings is 3. The van der Waals surface area contributed by atoms with Gasteiger partial charge in [-0.1, -0.05) is 13.8 Å². The Morgan fingerprint density at radius 2 is 1.36 bits per heavy atom. The predicted molar refractivity (Wildman–Crippen MR) is 127 cm³/mol. The molecule has 0 saturated heterocycles. The molecule has 0 saturated carbocycles. The number of fused-ring (bicyclic) bond motifs is 1. The zero-order valence-corrected chi connectivity index (χ0v) is 19.8. The smallest absolute Gasteiger partial charge is 0.341 e. The van der Waals surface area contributed by atoms with Gasteiger partial charge in [-0.15, -0.1) is 0 Å². The van der Waals surface area contributed by atoms with Gasteiger partial charge in [0.25, 0.3) is 0 Å². The molecule has 36 heavy (non-hydrogen) atoms. The Bertz CT molecular complexity index is 1210. The summed E-state index contributed by atoms with van der Waals surface area (Å²) in [5.74, 6) is -3.43. The SMILES string of the molecule is CC.COC(=O)c1cc(O)c(O)cc1O.Oc1cc(O)c2c(c1)OC(c1cc(O)c(O)c(O)c1)CC2. The highest BCUT2D eigenvalue weighted by atomic mass is 16.5. The van der Waals surface area contributed by atoms with Gasteiger partial charge in [0, 0.05) is 29.8 Å². The summed E-state index contributed by atoms with van der Waals surface area (Å²) >= 11 is 0. The van der Waals surface area contributed by atoms with E-state index in [9.17, 15) is 30.3 Å². The molecular formula is C25H28O11. The minimum atomic E-state index is -0.784. The van der Waals surface area contributed by atoms with E-state index >= 15 is 0 Å². The molecule has 0 bridgehead atoms. The maximum absolute atomic E-state index is 10.9. The third-order valence-electron chi connectivity index (χ3n) is 5.06. The van der Waals surface area contributed by atoms with E-state index in [-0.39, 0.29) is 17.1 Å². The van der Waals surface area contributed by atoms with Crippen molar-refractivity contribution in [3.05, 3.63) is 53.1 Å². The second-order valence-corrected chi connectivity index (χ2v) is 7.34. The monoisotopic (exact) mass is 504 g/mol. The van der Waals surface area contributed by atoms with Gasteiger partial charge in [-0.2, -0.15) is 0 Å². The lowest BCUT2D eigenvalue weighted by molar-refractivity contribution is 0.0597. The third-order valence-corrected chi connectivity index (χ3v) is 5.06. The molecule has 194 valence electrons. The Balaban J connectivity index is 0.000000262. The van der Waals surface area contributed by atoms with Gasteiger partial charge in [-0.05, 0) is 30.5 Å². The standard InChI is InChI=1S/C15H14O6.C8H8O5.C2H6/c16-8-5-10(17)9-1-2-13(21-14(9)6-8)7-3-11(18)15(20)12(19)4-7;1-13-8(12)4-2-6(10)7(11)3-5(4)9;1-2/h3-6,13,16-20H,1-2H2;2-3,9-11H,1H3;1-2H3. The summed E-state index contributed by atoms with van der Waals surface area (Å²) in [7, 11) is 1.14. The fourth-order valence-electron chi connectivity index (χ4n) is 3.35. The van der Waals surface area contributed by atoms with Crippen LogP contribution in [0.3, 0.4) is 0 Å². The molecule has 8 N–H and O–H groups in total. The maximum Gasteiger partial charge on any atom is 0.341 e. The van der Waals surface area contributed by atoms with E-state index in [1.165, 1.54) is 24.3 Å². The molecule has 3 aromatic rings. The summed E-state index contributed by atoms with van der Waals surface area (Å²) in [6.45, 7) is 4.00. The molecule has 0 radical (unpaired) electrons. The topological polar surface area (TPSA) is 197 Å². The zero-order chi connectivity index (χ0) is 27.2. The van der Waals surface area contributed by atoms with Crippen molar-refractivity contribution in [1.82, 2.24) is 0 Å². The highest BCUT2D eigenvalue weighted by molar-refractivity contribution is 5.93. The minimum Gasteiger partial charge on any atom is -0.508 e. The lowest BCUT2D eigenvalue weighted by Gasteiger charge is -2.27. The normalized spacial score (nSPS) is 13.6. The van der Waals surface area contributed by atoms with Crippen LogP contribution in [0.2, 0.25) is 0 Å². The number of carbonyl (C=O) groups is 1. The first kappa shape index (κ1) is 27.6. The average Bonchev–Trinajstić information content (AvgIpc) is 2.85. The number of rotatable bonds is 2. The number of methoxy groups -OCH3 is 1. The quantitative estimate of drug-likeness (QED) is 0.143. The van der Waals surface area contributed by atoms with Crippen LogP contribution in [0.4, 0.5) is 0 Å². The summed E-state index contributed by atoms with van der Waals surface area (Å²) in [4.78, 5) is 10.9. The van der Waals surface area contributed by atoms with Crippen molar-refractivity contribution in [2.45, 2.75) is 32.8 Å². The number of phenols is 8. The summed E-state index contributed by atoms with van der Waals surface area (Å²) < 4.78 is 10.0. The zero-order valence-electron chi connectivity index (χ0n) is 19.8. The summed E-state index contributed by atoms with van der Waals surface area (Å²) in [5.41, 5.74) is 0.908. The van der Waals surface area contributed by atoms with Gasteiger partial charge in [-0.25, -0.2) is 4.79 Å². The number of esters is 1. The van der Waals surface area contributed by atoms with Crippen LogP contribution in [-0.2, 0) is 11.2 Å². The van der Waals surface area contributed by atoms with Gasteiger partial charge in [0.05, 0.1) is 7.11 Å². The second kappa shape index (κ2) is 11.6. The van der Waals surface area contributed by atoms with Gasteiger partial charge in [0.15, 0.2) is 28.7 Å². The van der Waals surface area contributed by atoms with E-state index in [1.54, 1.807) is 0 Å². The van der Waals surface area contributed by atoms with E-state index < -0.39 is 46.6 Å². The summed E-state index contributed by atoms with van der Waals surface area (Å²) in [5, 5.41) is 74.8. The fourth-order valence-corrected chi connectivity index (χ4v) is 3.35. The molecule has 4 rings (SSSR count).